The molecule has 0 aromatic heterocycles. The van der Waals surface area contributed by atoms with E-state index in [9.17, 15) is 0 Å². The van der Waals surface area contributed by atoms with Gasteiger partial charge in [0, 0.05) is 6.54 Å². The molecule has 0 saturated heterocycles. The first-order valence-electron chi connectivity index (χ1n) is 5.89. The van der Waals surface area contributed by atoms with E-state index in [1.807, 2.05) is 45.3 Å². The third-order valence-electron chi connectivity index (χ3n) is 2.58. The van der Waals surface area contributed by atoms with Gasteiger partial charge in [0.25, 0.3) is 0 Å². The van der Waals surface area contributed by atoms with E-state index < -0.39 is 0 Å². The van der Waals surface area contributed by atoms with E-state index in [2.05, 4.69) is 4.90 Å². The van der Waals surface area contributed by atoms with Crippen LogP contribution in [-0.4, -0.2) is 44.8 Å². The number of nitrogens with zero attached hydrogens (tertiary/aromatic N) is 1. The summed E-state index contributed by atoms with van der Waals surface area (Å²) in [6.45, 7) is 3.82. The van der Waals surface area contributed by atoms with Crippen LogP contribution in [0.15, 0.2) is 24.3 Å². The first-order chi connectivity index (χ1) is 8.17. The molecule has 1 aromatic rings. The van der Waals surface area contributed by atoms with Gasteiger partial charge in [0.15, 0.2) is 0 Å². The van der Waals surface area contributed by atoms with Crippen LogP contribution in [0.2, 0.25) is 0 Å². The largest absolute Gasteiger partial charge is 0.494 e. The van der Waals surface area contributed by atoms with Gasteiger partial charge in [-0.1, -0.05) is 0 Å². The Kier molecular flexibility index (Phi) is 5.80. The second-order valence-corrected chi connectivity index (χ2v) is 4.07. The molecule has 0 heterocycles. The number of benzene rings is 1. The predicted octanol–water partition coefficient (Wildman–Crippen LogP) is 1.35. The highest BCUT2D eigenvalue weighted by molar-refractivity contribution is 5.31. The lowest BCUT2D eigenvalue weighted by Gasteiger charge is -2.22. The number of ether oxygens (including phenoxy) is 2. The monoisotopic (exact) mass is 238 g/mol. The van der Waals surface area contributed by atoms with Gasteiger partial charge in [-0.15, -0.1) is 0 Å². The smallest absolute Gasteiger partial charge is 0.119 e. The normalized spacial score (nSPS) is 12.5. The van der Waals surface area contributed by atoms with Gasteiger partial charge in [0.1, 0.15) is 18.1 Å². The van der Waals surface area contributed by atoms with Crippen molar-refractivity contribution in [3.05, 3.63) is 24.3 Å². The second-order valence-electron chi connectivity index (χ2n) is 4.07. The molecule has 1 atom stereocenters. The summed E-state index contributed by atoms with van der Waals surface area (Å²) in [4.78, 5) is 2.06. The summed E-state index contributed by atoms with van der Waals surface area (Å²) in [5, 5.41) is 0. The zero-order chi connectivity index (χ0) is 12.7. The maximum atomic E-state index is 5.68. The maximum absolute atomic E-state index is 5.68. The van der Waals surface area contributed by atoms with Crippen molar-refractivity contribution in [3.8, 4) is 11.5 Å². The van der Waals surface area contributed by atoms with E-state index >= 15 is 0 Å². The van der Waals surface area contributed by atoms with Crippen LogP contribution in [0.25, 0.3) is 0 Å². The molecule has 0 amide bonds. The van der Waals surface area contributed by atoms with E-state index in [0.29, 0.717) is 19.8 Å². The molecule has 4 heteroatoms. The van der Waals surface area contributed by atoms with Crippen LogP contribution in [0.4, 0.5) is 0 Å². The third kappa shape index (κ3) is 4.63. The highest BCUT2D eigenvalue weighted by Gasteiger charge is 2.09. The highest BCUT2D eigenvalue weighted by Crippen LogP contribution is 2.17. The van der Waals surface area contributed by atoms with Crippen molar-refractivity contribution < 1.29 is 9.47 Å². The van der Waals surface area contributed by atoms with Crippen LogP contribution < -0.4 is 15.2 Å². The minimum absolute atomic E-state index is 0.238. The average Bonchev–Trinajstić information content (AvgIpc) is 2.32. The van der Waals surface area contributed by atoms with Gasteiger partial charge in [-0.05, 0) is 45.3 Å². The summed E-state index contributed by atoms with van der Waals surface area (Å²) in [7, 11) is 4.00. The molecule has 17 heavy (non-hydrogen) atoms. The molecule has 0 spiro atoms. The first kappa shape index (κ1) is 13.8. The fourth-order valence-corrected chi connectivity index (χ4v) is 1.42. The number of nitrogens with two attached hydrogens (primary N) is 1. The van der Waals surface area contributed by atoms with E-state index in [4.69, 9.17) is 15.2 Å². The molecule has 96 valence electrons. The molecule has 1 unspecified atom stereocenters. The topological polar surface area (TPSA) is 47.7 Å². The van der Waals surface area contributed by atoms with Crippen molar-refractivity contribution in [1.82, 2.24) is 4.90 Å². The summed E-state index contributed by atoms with van der Waals surface area (Å²) in [6.07, 6.45) is 0. The molecule has 0 aliphatic rings. The number of rotatable bonds is 7. The quantitative estimate of drug-likeness (QED) is 0.779. The maximum Gasteiger partial charge on any atom is 0.119 e. The van der Waals surface area contributed by atoms with Gasteiger partial charge < -0.3 is 20.1 Å². The zero-order valence-corrected chi connectivity index (χ0v) is 10.8. The van der Waals surface area contributed by atoms with Gasteiger partial charge in [0.2, 0.25) is 0 Å². The van der Waals surface area contributed by atoms with Crippen molar-refractivity contribution in [3.63, 3.8) is 0 Å². The highest BCUT2D eigenvalue weighted by atomic mass is 16.5. The number of hydrogen-bond acceptors (Lipinski definition) is 4. The standard InChI is InChI=1S/C13H22N2O2/c1-4-16-12-5-7-13(8-6-12)17-10-11(9-14)15(2)3/h5-8,11H,4,9-10,14H2,1-3H3. The van der Waals surface area contributed by atoms with Gasteiger partial charge in [-0.2, -0.15) is 0 Å². The number of likely N-dealkylation sites (N-methyl/N-ethyl adjacent to an activating group) is 1. The van der Waals surface area contributed by atoms with Gasteiger partial charge in [0.05, 0.1) is 12.6 Å². The van der Waals surface area contributed by atoms with Crippen LogP contribution >= 0.6 is 0 Å². The average molecular weight is 238 g/mol. The van der Waals surface area contributed by atoms with E-state index in [1.54, 1.807) is 0 Å². The Morgan fingerprint density at radius 1 is 1.12 bits per heavy atom. The van der Waals surface area contributed by atoms with Crippen LogP contribution in [0, 0.1) is 0 Å². The second kappa shape index (κ2) is 7.14. The predicted molar refractivity (Wildman–Crippen MR) is 69.6 cm³/mol. The summed E-state index contributed by atoms with van der Waals surface area (Å²) >= 11 is 0. The third-order valence-corrected chi connectivity index (χ3v) is 2.58. The molecular formula is C13H22N2O2. The summed E-state index contributed by atoms with van der Waals surface area (Å²) in [6, 6.07) is 7.88. The molecule has 0 bridgehead atoms. The molecule has 4 nitrogen and oxygen atoms in total. The fraction of sp³-hybridized carbons (Fsp3) is 0.538. The molecule has 0 fully saturated rings. The lowest BCUT2D eigenvalue weighted by atomic mass is 10.3. The molecule has 0 aliphatic heterocycles. The summed E-state index contributed by atoms with van der Waals surface area (Å²) < 4.78 is 11.0. The zero-order valence-electron chi connectivity index (χ0n) is 10.8. The van der Waals surface area contributed by atoms with E-state index in [0.717, 1.165) is 11.5 Å². The van der Waals surface area contributed by atoms with Crippen molar-refractivity contribution in [1.29, 1.82) is 0 Å². The Morgan fingerprint density at radius 2 is 1.65 bits per heavy atom. The Bertz CT molecular complexity index is 312. The fourth-order valence-electron chi connectivity index (χ4n) is 1.42. The van der Waals surface area contributed by atoms with Crippen molar-refractivity contribution in [2.24, 2.45) is 5.73 Å². The minimum atomic E-state index is 0.238. The molecule has 0 saturated carbocycles. The van der Waals surface area contributed by atoms with Crippen LogP contribution in [0.3, 0.4) is 0 Å². The lowest BCUT2D eigenvalue weighted by molar-refractivity contribution is 0.190. The van der Waals surface area contributed by atoms with Gasteiger partial charge in [-0.25, -0.2) is 0 Å². The van der Waals surface area contributed by atoms with E-state index in [1.165, 1.54) is 0 Å². The number of hydrogen-bond donors (Lipinski definition) is 1. The Hall–Kier alpha value is -1.26. The van der Waals surface area contributed by atoms with Crippen LogP contribution in [0.1, 0.15) is 6.92 Å². The molecule has 2 N–H and O–H groups in total. The first-order valence-corrected chi connectivity index (χ1v) is 5.89. The van der Waals surface area contributed by atoms with E-state index in [-0.39, 0.29) is 6.04 Å². The molecular weight excluding hydrogens is 216 g/mol. The molecule has 1 aromatic carbocycles. The molecule has 0 aliphatic carbocycles. The Balaban J connectivity index is 2.46. The van der Waals surface area contributed by atoms with Crippen LogP contribution in [-0.2, 0) is 0 Å². The van der Waals surface area contributed by atoms with Crippen molar-refractivity contribution in [2.45, 2.75) is 13.0 Å². The summed E-state index contributed by atoms with van der Waals surface area (Å²) in [5.41, 5.74) is 5.66. The summed E-state index contributed by atoms with van der Waals surface area (Å²) in [5.74, 6) is 1.71. The van der Waals surface area contributed by atoms with Crippen LogP contribution in [0.5, 0.6) is 11.5 Å². The van der Waals surface area contributed by atoms with Gasteiger partial charge >= 0.3 is 0 Å². The van der Waals surface area contributed by atoms with Crippen molar-refractivity contribution >= 4 is 0 Å². The minimum Gasteiger partial charge on any atom is -0.494 e. The Morgan fingerprint density at radius 3 is 2.06 bits per heavy atom. The Labute approximate surface area is 103 Å². The molecule has 0 radical (unpaired) electrons. The molecule has 1 rings (SSSR count). The lowest BCUT2D eigenvalue weighted by Crippen LogP contribution is -2.39. The van der Waals surface area contributed by atoms with Gasteiger partial charge in [-0.3, -0.25) is 0 Å². The SMILES string of the molecule is CCOc1ccc(OCC(CN)N(C)C)cc1. The van der Waals surface area contributed by atoms with Crippen molar-refractivity contribution in [2.75, 3.05) is 33.9 Å².